The maximum atomic E-state index is 13.9. The molecule has 1 N–H and O–H groups in total. The van der Waals surface area contributed by atoms with Gasteiger partial charge in [-0.3, -0.25) is 19.7 Å². The van der Waals surface area contributed by atoms with E-state index in [9.17, 15) is 24.1 Å². The molecule has 1 fully saturated rings. The van der Waals surface area contributed by atoms with Gasteiger partial charge in [-0.05, 0) is 38.0 Å². The van der Waals surface area contributed by atoms with Crippen LogP contribution in [0, 0.1) is 28.8 Å². The number of carbonyl (C=O) groups excluding carboxylic acids is 2. The fourth-order valence-electron chi connectivity index (χ4n) is 3.21. The molecule has 0 aromatic heterocycles. The van der Waals surface area contributed by atoms with E-state index in [1.165, 1.54) is 0 Å². The minimum Gasteiger partial charge on any atom is -0.338 e. The van der Waals surface area contributed by atoms with Crippen molar-refractivity contribution >= 4 is 23.2 Å². The monoisotopic (exact) mass is 385 g/mol. The SMILES string of the molecule is Cc1ccc(C(=O)N2CCCC(C(=O)Nc3cc([N+](=O)[O-])ccc3F)C2)cc1. The van der Waals surface area contributed by atoms with Crippen LogP contribution in [0.25, 0.3) is 0 Å². The van der Waals surface area contributed by atoms with Crippen molar-refractivity contribution in [2.45, 2.75) is 19.8 Å². The van der Waals surface area contributed by atoms with E-state index >= 15 is 0 Å². The molecular weight excluding hydrogens is 365 g/mol. The van der Waals surface area contributed by atoms with Gasteiger partial charge in [-0.2, -0.15) is 0 Å². The van der Waals surface area contributed by atoms with E-state index in [4.69, 9.17) is 0 Å². The van der Waals surface area contributed by atoms with Gasteiger partial charge < -0.3 is 10.2 Å². The molecule has 0 spiro atoms. The van der Waals surface area contributed by atoms with Crippen LogP contribution in [-0.4, -0.2) is 34.7 Å². The predicted molar refractivity (Wildman–Crippen MR) is 101 cm³/mol. The second-order valence-electron chi connectivity index (χ2n) is 6.87. The third-order valence-corrected chi connectivity index (χ3v) is 4.80. The van der Waals surface area contributed by atoms with E-state index in [2.05, 4.69) is 5.32 Å². The Labute approximate surface area is 161 Å². The van der Waals surface area contributed by atoms with Gasteiger partial charge in [0, 0.05) is 30.8 Å². The standard InChI is InChI=1S/C20H20FN3O4/c1-13-4-6-14(7-5-13)20(26)23-10-2-3-15(12-23)19(25)22-18-11-16(24(27)28)8-9-17(18)21/h4-9,11,15H,2-3,10,12H2,1H3,(H,22,25). The number of rotatable bonds is 4. The summed E-state index contributed by atoms with van der Waals surface area (Å²) in [6.45, 7) is 2.69. The van der Waals surface area contributed by atoms with Gasteiger partial charge in [0.1, 0.15) is 5.82 Å². The fraction of sp³-hybridized carbons (Fsp3) is 0.300. The van der Waals surface area contributed by atoms with Crippen molar-refractivity contribution in [3.63, 3.8) is 0 Å². The first-order chi connectivity index (χ1) is 13.3. The third-order valence-electron chi connectivity index (χ3n) is 4.80. The maximum absolute atomic E-state index is 13.9. The first kappa shape index (κ1) is 19.5. The van der Waals surface area contributed by atoms with E-state index in [1.807, 2.05) is 19.1 Å². The minimum absolute atomic E-state index is 0.154. The molecule has 2 aromatic rings. The van der Waals surface area contributed by atoms with Crippen LogP contribution in [0.4, 0.5) is 15.8 Å². The highest BCUT2D eigenvalue weighted by Crippen LogP contribution is 2.24. The molecule has 2 aromatic carbocycles. The van der Waals surface area contributed by atoms with Crippen LogP contribution < -0.4 is 5.32 Å². The smallest absolute Gasteiger partial charge is 0.271 e. The average Bonchev–Trinajstić information content (AvgIpc) is 2.69. The third kappa shape index (κ3) is 4.33. The molecule has 1 aliphatic rings. The summed E-state index contributed by atoms with van der Waals surface area (Å²) in [5.41, 5.74) is 1.06. The lowest BCUT2D eigenvalue weighted by Gasteiger charge is -2.32. The number of anilines is 1. The summed E-state index contributed by atoms with van der Waals surface area (Å²) >= 11 is 0. The maximum Gasteiger partial charge on any atom is 0.271 e. The Balaban J connectivity index is 1.69. The quantitative estimate of drug-likeness (QED) is 0.644. The molecule has 1 saturated heterocycles. The molecule has 0 aliphatic carbocycles. The van der Waals surface area contributed by atoms with E-state index in [-0.39, 0.29) is 23.8 Å². The number of hydrogen-bond donors (Lipinski definition) is 1. The molecule has 2 amide bonds. The Morgan fingerprint density at radius 1 is 1.21 bits per heavy atom. The van der Waals surface area contributed by atoms with E-state index in [0.29, 0.717) is 24.9 Å². The van der Waals surface area contributed by atoms with Gasteiger partial charge in [0.25, 0.3) is 11.6 Å². The number of non-ortho nitro benzene ring substituents is 1. The van der Waals surface area contributed by atoms with E-state index in [0.717, 1.165) is 23.8 Å². The van der Waals surface area contributed by atoms with Gasteiger partial charge in [0.2, 0.25) is 5.91 Å². The lowest BCUT2D eigenvalue weighted by Crippen LogP contribution is -2.43. The average molecular weight is 385 g/mol. The number of nitro benzene ring substituents is 1. The highest BCUT2D eigenvalue weighted by atomic mass is 19.1. The molecule has 1 unspecified atom stereocenters. The normalized spacial score (nSPS) is 16.5. The largest absolute Gasteiger partial charge is 0.338 e. The van der Waals surface area contributed by atoms with Crippen molar-refractivity contribution < 1.29 is 18.9 Å². The molecule has 146 valence electrons. The number of benzene rings is 2. The Kier molecular flexibility index (Phi) is 5.67. The van der Waals surface area contributed by atoms with Crippen LogP contribution in [0.3, 0.4) is 0 Å². The summed E-state index contributed by atoms with van der Waals surface area (Å²) in [5.74, 6) is -1.87. The highest BCUT2D eigenvalue weighted by Gasteiger charge is 2.29. The molecule has 7 nitrogen and oxygen atoms in total. The lowest BCUT2D eigenvalue weighted by molar-refractivity contribution is -0.384. The molecule has 1 atom stereocenters. The van der Waals surface area contributed by atoms with Crippen LogP contribution in [0.15, 0.2) is 42.5 Å². The minimum atomic E-state index is -0.748. The van der Waals surface area contributed by atoms with Gasteiger partial charge in [0.05, 0.1) is 16.5 Å². The number of nitro groups is 1. The molecule has 0 saturated carbocycles. The summed E-state index contributed by atoms with van der Waals surface area (Å²) in [5, 5.41) is 13.3. The molecule has 8 heteroatoms. The summed E-state index contributed by atoms with van der Waals surface area (Å²) < 4.78 is 13.9. The Morgan fingerprint density at radius 2 is 1.93 bits per heavy atom. The van der Waals surface area contributed by atoms with Crippen molar-refractivity contribution in [2.75, 3.05) is 18.4 Å². The molecule has 0 bridgehead atoms. The second kappa shape index (κ2) is 8.16. The Hall–Kier alpha value is -3.29. The molecular formula is C20H20FN3O4. The summed E-state index contributed by atoms with van der Waals surface area (Å²) in [4.78, 5) is 37.0. The number of hydrogen-bond acceptors (Lipinski definition) is 4. The number of nitrogens with zero attached hydrogens (tertiary/aromatic N) is 2. The Morgan fingerprint density at radius 3 is 2.61 bits per heavy atom. The van der Waals surface area contributed by atoms with E-state index in [1.54, 1.807) is 17.0 Å². The van der Waals surface area contributed by atoms with Gasteiger partial charge in [-0.1, -0.05) is 17.7 Å². The molecule has 0 radical (unpaired) electrons. The fourth-order valence-corrected chi connectivity index (χ4v) is 3.21. The first-order valence-corrected chi connectivity index (χ1v) is 8.96. The van der Waals surface area contributed by atoms with Crippen molar-refractivity contribution in [2.24, 2.45) is 5.92 Å². The number of halogens is 1. The first-order valence-electron chi connectivity index (χ1n) is 8.96. The number of likely N-dealkylation sites (tertiary alicyclic amines) is 1. The summed E-state index contributed by atoms with van der Waals surface area (Å²) in [7, 11) is 0. The van der Waals surface area contributed by atoms with Gasteiger partial charge >= 0.3 is 0 Å². The molecule has 1 heterocycles. The van der Waals surface area contributed by atoms with Crippen molar-refractivity contribution in [1.29, 1.82) is 0 Å². The van der Waals surface area contributed by atoms with Gasteiger partial charge in [-0.25, -0.2) is 4.39 Å². The zero-order valence-corrected chi connectivity index (χ0v) is 15.4. The van der Waals surface area contributed by atoms with Gasteiger partial charge in [-0.15, -0.1) is 0 Å². The summed E-state index contributed by atoms with van der Waals surface area (Å²) in [6, 6.07) is 10.2. The number of nitrogens with one attached hydrogen (secondary N) is 1. The molecule has 3 rings (SSSR count). The van der Waals surface area contributed by atoms with Crippen LogP contribution in [0.2, 0.25) is 0 Å². The highest BCUT2D eigenvalue weighted by molar-refractivity contribution is 5.96. The number of amides is 2. The van der Waals surface area contributed by atoms with Crippen molar-refractivity contribution in [3.8, 4) is 0 Å². The van der Waals surface area contributed by atoms with Crippen molar-refractivity contribution in [3.05, 3.63) is 69.5 Å². The van der Waals surface area contributed by atoms with E-state index < -0.39 is 22.6 Å². The van der Waals surface area contributed by atoms with Crippen LogP contribution in [0.5, 0.6) is 0 Å². The van der Waals surface area contributed by atoms with Gasteiger partial charge in [0.15, 0.2) is 0 Å². The summed E-state index contributed by atoms with van der Waals surface area (Å²) in [6.07, 6.45) is 1.20. The number of piperidine rings is 1. The van der Waals surface area contributed by atoms with Crippen LogP contribution in [0.1, 0.15) is 28.8 Å². The second-order valence-corrected chi connectivity index (χ2v) is 6.87. The number of aryl methyl sites for hydroxylation is 1. The van der Waals surface area contributed by atoms with Crippen LogP contribution >= 0.6 is 0 Å². The zero-order chi connectivity index (χ0) is 20.3. The zero-order valence-electron chi connectivity index (χ0n) is 15.4. The Bertz CT molecular complexity index is 914. The number of carbonyl (C=O) groups is 2. The predicted octanol–water partition coefficient (Wildman–Crippen LogP) is 3.53. The molecule has 1 aliphatic heterocycles. The van der Waals surface area contributed by atoms with Crippen LogP contribution in [-0.2, 0) is 4.79 Å². The van der Waals surface area contributed by atoms with Crippen molar-refractivity contribution in [1.82, 2.24) is 4.90 Å². The molecule has 28 heavy (non-hydrogen) atoms. The topological polar surface area (TPSA) is 92.6 Å². The lowest BCUT2D eigenvalue weighted by atomic mass is 9.96.